The van der Waals surface area contributed by atoms with E-state index in [4.69, 9.17) is 45.3 Å². The second-order valence-corrected chi connectivity index (χ2v) is 4.36. The van der Waals surface area contributed by atoms with Crippen LogP contribution in [0.2, 0.25) is 15.1 Å². The predicted molar refractivity (Wildman–Crippen MR) is 65.5 cm³/mol. The van der Waals surface area contributed by atoms with Crippen LogP contribution in [0.15, 0.2) is 12.1 Å². The molecule has 0 saturated heterocycles. The molecule has 1 aromatic carbocycles. The lowest BCUT2D eigenvalue weighted by atomic mass is 10.2. The molecule has 0 spiro atoms. The number of hydrogen-bond acceptors (Lipinski definition) is 3. The highest BCUT2D eigenvalue weighted by molar-refractivity contribution is 6.46. The van der Waals surface area contributed by atoms with Crippen LogP contribution in [0.3, 0.4) is 0 Å². The van der Waals surface area contributed by atoms with Gasteiger partial charge in [0.1, 0.15) is 0 Å². The van der Waals surface area contributed by atoms with Crippen LogP contribution < -0.4 is 5.73 Å². The Kier molecular flexibility index (Phi) is 4.62. The minimum atomic E-state index is -1.08. The van der Waals surface area contributed by atoms with Crippen molar-refractivity contribution in [3.63, 3.8) is 0 Å². The lowest BCUT2D eigenvalue weighted by molar-refractivity contribution is -0.125. The maximum atomic E-state index is 11.7. The van der Waals surface area contributed by atoms with E-state index in [1.54, 1.807) is 0 Å². The average molecular weight is 297 g/mol. The van der Waals surface area contributed by atoms with E-state index in [0.29, 0.717) is 0 Å². The van der Waals surface area contributed by atoms with Crippen LogP contribution in [0, 0.1) is 0 Å². The Labute approximate surface area is 113 Å². The number of nitrogens with two attached hydrogens (primary N) is 1. The molecule has 1 amide bonds. The van der Waals surface area contributed by atoms with Crippen LogP contribution in [0.25, 0.3) is 0 Å². The highest BCUT2D eigenvalue weighted by atomic mass is 35.5. The summed E-state index contributed by atoms with van der Waals surface area (Å²) < 4.78 is 4.77. The van der Waals surface area contributed by atoms with Crippen molar-refractivity contribution in [3.8, 4) is 0 Å². The van der Waals surface area contributed by atoms with Crippen LogP contribution in [0.4, 0.5) is 0 Å². The maximum Gasteiger partial charge on any atom is 0.342 e. The Morgan fingerprint density at radius 1 is 1.24 bits per heavy atom. The van der Waals surface area contributed by atoms with Gasteiger partial charge in [-0.05, 0) is 19.1 Å². The summed E-state index contributed by atoms with van der Waals surface area (Å²) in [4.78, 5) is 22.5. The summed E-state index contributed by atoms with van der Waals surface area (Å²) in [7, 11) is 0. The zero-order chi connectivity index (χ0) is 13.2. The maximum absolute atomic E-state index is 11.7. The summed E-state index contributed by atoms with van der Waals surface area (Å²) in [6.07, 6.45) is -1.08. The fourth-order valence-corrected chi connectivity index (χ4v) is 1.67. The van der Waals surface area contributed by atoms with Crippen LogP contribution in [0.1, 0.15) is 17.3 Å². The lowest BCUT2D eigenvalue weighted by Gasteiger charge is -2.12. The van der Waals surface area contributed by atoms with E-state index in [9.17, 15) is 9.59 Å². The SMILES string of the molecule is CC(OC(=O)c1c(Cl)ccc(Cl)c1Cl)C(N)=O. The minimum absolute atomic E-state index is 0.0270. The highest BCUT2D eigenvalue weighted by Gasteiger charge is 2.22. The number of carbonyl (C=O) groups is 2. The van der Waals surface area contributed by atoms with E-state index in [2.05, 4.69) is 0 Å². The molecule has 0 heterocycles. The molecule has 0 radical (unpaired) electrons. The molecular formula is C10H8Cl3NO3. The third kappa shape index (κ3) is 3.25. The normalized spacial score (nSPS) is 12.0. The van der Waals surface area contributed by atoms with Gasteiger partial charge in [0.05, 0.1) is 20.6 Å². The fraction of sp³-hybridized carbons (Fsp3) is 0.200. The van der Waals surface area contributed by atoms with Gasteiger partial charge in [-0.15, -0.1) is 0 Å². The first-order chi connectivity index (χ1) is 7.84. The molecule has 0 aliphatic carbocycles. The number of amides is 1. The summed E-state index contributed by atoms with van der Waals surface area (Å²) in [5.74, 6) is -1.62. The molecule has 7 heteroatoms. The van der Waals surface area contributed by atoms with Crippen LogP contribution in [0.5, 0.6) is 0 Å². The van der Waals surface area contributed by atoms with Gasteiger partial charge in [-0.25, -0.2) is 4.79 Å². The molecule has 17 heavy (non-hydrogen) atoms. The molecule has 4 nitrogen and oxygen atoms in total. The van der Waals surface area contributed by atoms with Crippen molar-refractivity contribution >= 4 is 46.7 Å². The number of halogens is 3. The summed E-state index contributed by atoms with van der Waals surface area (Å²) in [6.45, 7) is 1.34. The summed E-state index contributed by atoms with van der Waals surface area (Å²) in [5, 5.41) is 0.219. The first kappa shape index (κ1) is 14.1. The second kappa shape index (κ2) is 5.58. The molecule has 0 aliphatic rings. The first-order valence-electron chi connectivity index (χ1n) is 4.48. The van der Waals surface area contributed by atoms with Crippen molar-refractivity contribution in [2.24, 2.45) is 5.73 Å². The number of esters is 1. The quantitative estimate of drug-likeness (QED) is 0.688. The molecule has 0 fully saturated rings. The van der Waals surface area contributed by atoms with Gasteiger partial charge in [0.15, 0.2) is 6.10 Å². The number of benzene rings is 1. The second-order valence-electron chi connectivity index (χ2n) is 3.17. The zero-order valence-corrected chi connectivity index (χ0v) is 10.9. The Hall–Kier alpha value is -0.970. The van der Waals surface area contributed by atoms with Crippen molar-refractivity contribution in [1.82, 2.24) is 0 Å². The zero-order valence-electron chi connectivity index (χ0n) is 8.67. The van der Waals surface area contributed by atoms with Crippen molar-refractivity contribution < 1.29 is 14.3 Å². The van der Waals surface area contributed by atoms with Crippen molar-refractivity contribution in [1.29, 1.82) is 0 Å². The standard InChI is InChI=1S/C10H8Cl3NO3/c1-4(9(14)15)17-10(16)7-5(11)2-3-6(12)8(7)13/h2-4H,1H3,(H2,14,15). The van der Waals surface area contributed by atoms with Gasteiger partial charge in [-0.1, -0.05) is 34.8 Å². The van der Waals surface area contributed by atoms with Crippen molar-refractivity contribution in [3.05, 3.63) is 32.8 Å². The molecule has 1 atom stereocenters. The molecule has 1 aromatic rings. The number of ether oxygens (including phenoxy) is 1. The van der Waals surface area contributed by atoms with Gasteiger partial charge in [0.25, 0.3) is 5.91 Å². The molecular weight excluding hydrogens is 288 g/mol. The van der Waals surface area contributed by atoms with Gasteiger partial charge in [0.2, 0.25) is 0 Å². The molecule has 0 bridgehead atoms. The van der Waals surface area contributed by atoms with Crippen LogP contribution in [-0.4, -0.2) is 18.0 Å². The minimum Gasteiger partial charge on any atom is -0.449 e. The van der Waals surface area contributed by atoms with E-state index in [-0.39, 0.29) is 20.6 Å². The largest absolute Gasteiger partial charge is 0.449 e. The Morgan fingerprint density at radius 3 is 2.29 bits per heavy atom. The smallest absolute Gasteiger partial charge is 0.342 e. The van der Waals surface area contributed by atoms with Crippen molar-refractivity contribution in [2.75, 3.05) is 0 Å². The number of primary amides is 1. The fourth-order valence-electron chi connectivity index (χ4n) is 0.992. The summed E-state index contributed by atoms with van der Waals surface area (Å²) in [5.41, 5.74) is 4.87. The van der Waals surface area contributed by atoms with Gasteiger partial charge in [-0.2, -0.15) is 0 Å². The monoisotopic (exact) mass is 295 g/mol. The predicted octanol–water partition coefficient (Wildman–Crippen LogP) is 2.68. The number of rotatable bonds is 3. The third-order valence-corrected chi connectivity index (χ3v) is 3.05. The van der Waals surface area contributed by atoms with E-state index < -0.39 is 18.0 Å². The van der Waals surface area contributed by atoms with Gasteiger partial charge >= 0.3 is 5.97 Å². The molecule has 92 valence electrons. The van der Waals surface area contributed by atoms with Crippen molar-refractivity contribution in [2.45, 2.75) is 13.0 Å². The molecule has 0 saturated carbocycles. The third-order valence-electron chi connectivity index (χ3n) is 1.93. The van der Waals surface area contributed by atoms with E-state index in [0.717, 1.165) is 0 Å². The Bertz CT molecular complexity index is 476. The molecule has 1 rings (SSSR count). The Balaban J connectivity index is 3.05. The highest BCUT2D eigenvalue weighted by Crippen LogP contribution is 2.32. The average Bonchev–Trinajstić information content (AvgIpc) is 2.24. The molecule has 0 aliphatic heterocycles. The van der Waals surface area contributed by atoms with E-state index in [1.807, 2.05) is 0 Å². The van der Waals surface area contributed by atoms with Gasteiger partial charge < -0.3 is 10.5 Å². The van der Waals surface area contributed by atoms with E-state index in [1.165, 1.54) is 19.1 Å². The number of carbonyl (C=O) groups excluding carboxylic acids is 2. The molecule has 0 aromatic heterocycles. The topological polar surface area (TPSA) is 69.4 Å². The van der Waals surface area contributed by atoms with Crippen LogP contribution >= 0.6 is 34.8 Å². The Morgan fingerprint density at radius 2 is 1.76 bits per heavy atom. The van der Waals surface area contributed by atoms with Crippen LogP contribution in [-0.2, 0) is 9.53 Å². The summed E-state index contributed by atoms with van der Waals surface area (Å²) in [6, 6.07) is 2.85. The molecule has 2 N–H and O–H groups in total. The van der Waals surface area contributed by atoms with Gasteiger partial charge in [-0.3, -0.25) is 4.79 Å². The van der Waals surface area contributed by atoms with Gasteiger partial charge in [0, 0.05) is 0 Å². The van der Waals surface area contributed by atoms with E-state index >= 15 is 0 Å². The summed E-state index contributed by atoms with van der Waals surface area (Å²) >= 11 is 17.4. The first-order valence-corrected chi connectivity index (χ1v) is 5.61. The number of hydrogen-bond donors (Lipinski definition) is 1. The lowest BCUT2D eigenvalue weighted by Crippen LogP contribution is -2.30. The molecule has 1 unspecified atom stereocenters.